The van der Waals surface area contributed by atoms with Crippen LogP contribution >= 0.6 is 0 Å². The summed E-state index contributed by atoms with van der Waals surface area (Å²) in [6.07, 6.45) is 4.53. The number of aromatic nitrogens is 2. The molecular formula is C18H29N3O2. The molecule has 128 valence electrons. The smallest absolute Gasteiger partial charge is 0.251 e. The van der Waals surface area contributed by atoms with Gasteiger partial charge in [-0.3, -0.25) is 4.79 Å². The number of H-pyrrole nitrogens is 1. The van der Waals surface area contributed by atoms with Gasteiger partial charge in [-0.25, -0.2) is 4.98 Å². The summed E-state index contributed by atoms with van der Waals surface area (Å²) < 4.78 is 5.82. The van der Waals surface area contributed by atoms with Crippen molar-refractivity contribution in [1.29, 1.82) is 0 Å². The number of hydrogen-bond acceptors (Lipinski definition) is 4. The van der Waals surface area contributed by atoms with E-state index in [1.165, 1.54) is 13.0 Å². The monoisotopic (exact) mass is 319 g/mol. The first kappa shape index (κ1) is 16.7. The Morgan fingerprint density at radius 1 is 1.35 bits per heavy atom. The fourth-order valence-electron chi connectivity index (χ4n) is 4.10. The number of ether oxygens (including phenoxy) is 1. The van der Waals surface area contributed by atoms with Gasteiger partial charge in [-0.15, -0.1) is 0 Å². The summed E-state index contributed by atoms with van der Waals surface area (Å²) in [4.78, 5) is 21.5. The Morgan fingerprint density at radius 2 is 2.09 bits per heavy atom. The van der Waals surface area contributed by atoms with E-state index in [4.69, 9.17) is 4.74 Å². The zero-order valence-corrected chi connectivity index (χ0v) is 14.6. The van der Waals surface area contributed by atoms with Gasteiger partial charge in [0.1, 0.15) is 5.82 Å². The Bertz CT molecular complexity index is 588. The molecule has 2 aliphatic rings. The molecule has 3 rings (SSSR count). The van der Waals surface area contributed by atoms with Crippen LogP contribution < -0.4 is 5.56 Å². The van der Waals surface area contributed by atoms with Crippen LogP contribution in [0.5, 0.6) is 0 Å². The highest BCUT2D eigenvalue weighted by Gasteiger charge is 2.31. The molecule has 0 aliphatic carbocycles. The van der Waals surface area contributed by atoms with Gasteiger partial charge in [0.15, 0.2) is 0 Å². The highest BCUT2D eigenvalue weighted by molar-refractivity contribution is 5.09. The Morgan fingerprint density at radius 3 is 2.74 bits per heavy atom. The van der Waals surface area contributed by atoms with Crippen LogP contribution in [0.25, 0.3) is 0 Å². The van der Waals surface area contributed by atoms with E-state index in [2.05, 4.69) is 28.7 Å². The van der Waals surface area contributed by atoms with E-state index in [9.17, 15) is 4.79 Å². The molecule has 0 spiro atoms. The average Bonchev–Trinajstić information content (AvgIpc) is 2.46. The molecule has 1 N–H and O–H groups in total. The molecule has 0 aromatic carbocycles. The minimum Gasteiger partial charge on any atom is -0.376 e. The van der Waals surface area contributed by atoms with Crippen LogP contribution in [-0.4, -0.2) is 46.7 Å². The summed E-state index contributed by atoms with van der Waals surface area (Å²) >= 11 is 0. The van der Waals surface area contributed by atoms with Crippen molar-refractivity contribution in [3.05, 3.63) is 27.9 Å². The molecule has 23 heavy (non-hydrogen) atoms. The maximum absolute atomic E-state index is 11.6. The predicted molar refractivity (Wildman–Crippen MR) is 90.8 cm³/mol. The molecule has 1 aromatic rings. The third-order valence-corrected chi connectivity index (χ3v) is 5.20. The van der Waals surface area contributed by atoms with Gasteiger partial charge in [0, 0.05) is 25.1 Å². The van der Waals surface area contributed by atoms with Gasteiger partial charge in [-0.2, -0.15) is 0 Å². The zero-order valence-electron chi connectivity index (χ0n) is 14.6. The van der Waals surface area contributed by atoms with Crippen molar-refractivity contribution in [1.82, 2.24) is 14.9 Å². The van der Waals surface area contributed by atoms with Gasteiger partial charge < -0.3 is 14.6 Å². The van der Waals surface area contributed by atoms with Crippen LogP contribution in [0.1, 0.15) is 57.0 Å². The fourth-order valence-corrected chi connectivity index (χ4v) is 4.10. The van der Waals surface area contributed by atoms with Gasteiger partial charge in [-0.1, -0.05) is 0 Å². The average molecular weight is 319 g/mol. The van der Waals surface area contributed by atoms with Crippen LogP contribution in [0.15, 0.2) is 10.9 Å². The summed E-state index contributed by atoms with van der Waals surface area (Å²) in [6.45, 7) is 10.5. The number of aromatic amines is 1. The number of rotatable bonds is 3. The summed E-state index contributed by atoms with van der Waals surface area (Å²) in [5, 5.41) is 0. The van der Waals surface area contributed by atoms with Gasteiger partial charge in [0.05, 0.1) is 11.3 Å². The Kier molecular flexibility index (Phi) is 4.87. The van der Waals surface area contributed by atoms with E-state index in [1.807, 2.05) is 6.92 Å². The molecule has 2 saturated heterocycles. The first-order valence-electron chi connectivity index (χ1n) is 8.85. The topological polar surface area (TPSA) is 58.2 Å². The third kappa shape index (κ3) is 4.42. The molecule has 0 unspecified atom stereocenters. The molecule has 1 atom stereocenters. The Labute approximate surface area is 138 Å². The largest absolute Gasteiger partial charge is 0.376 e. The quantitative estimate of drug-likeness (QED) is 0.930. The molecule has 0 radical (unpaired) electrons. The maximum Gasteiger partial charge on any atom is 0.251 e. The van der Waals surface area contributed by atoms with Crippen LogP contribution in [-0.2, 0) is 4.74 Å². The van der Waals surface area contributed by atoms with E-state index in [-0.39, 0.29) is 11.2 Å². The van der Waals surface area contributed by atoms with Crippen LogP contribution in [0.4, 0.5) is 0 Å². The number of likely N-dealkylation sites (tertiary alicyclic amines) is 1. The molecule has 0 bridgehead atoms. The van der Waals surface area contributed by atoms with E-state index < -0.39 is 0 Å². The Hall–Kier alpha value is -1.20. The lowest BCUT2D eigenvalue weighted by atomic mass is 9.87. The number of nitrogens with one attached hydrogen (secondary N) is 1. The fraction of sp³-hybridized carbons (Fsp3) is 0.778. The molecule has 0 saturated carbocycles. The van der Waals surface area contributed by atoms with E-state index >= 15 is 0 Å². The van der Waals surface area contributed by atoms with Gasteiger partial charge in [0.2, 0.25) is 0 Å². The van der Waals surface area contributed by atoms with Crippen molar-refractivity contribution in [3.63, 3.8) is 0 Å². The van der Waals surface area contributed by atoms with Crippen molar-refractivity contribution in [2.45, 2.75) is 58.0 Å². The van der Waals surface area contributed by atoms with Gasteiger partial charge in [0.25, 0.3) is 5.56 Å². The molecule has 5 heteroatoms. The zero-order chi connectivity index (χ0) is 16.4. The van der Waals surface area contributed by atoms with Crippen molar-refractivity contribution < 1.29 is 4.74 Å². The second-order valence-electron chi connectivity index (χ2n) is 7.80. The highest BCUT2D eigenvalue weighted by Crippen LogP contribution is 2.31. The summed E-state index contributed by atoms with van der Waals surface area (Å²) in [7, 11) is 0. The standard InChI is InChI=1S/C18H29N3O2/c1-13-19-16(10-17(22)20-13)15-4-7-21(8-5-15)12-14-6-9-23-18(2,3)11-14/h10,14-15H,4-9,11-12H2,1-3H3,(H,19,20,22)/t14-/m0/s1. The molecule has 5 nitrogen and oxygen atoms in total. The predicted octanol–water partition coefficient (Wildman–Crippen LogP) is 2.46. The number of piperidine rings is 1. The highest BCUT2D eigenvalue weighted by atomic mass is 16.5. The van der Waals surface area contributed by atoms with Crippen LogP contribution in [0, 0.1) is 12.8 Å². The lowest BCUT2D eigenvalue weighted by Gasteiger charge is -2.39. The maximum atomic E-state index is 11.6. The lowest BCUT2D eigenvalue weighted by molar-refractivity contribution is -0.0774. The Balaban J connectivity index is 1.53. The van der Waals surface area contributed by atoms with Crippen LogP contribution in [0.2, 0.25) is 0 Å². The minimum absolute atomic E-state index is 0.0284. The van der Waals surface area contributed by atoms with Crippen molar-refractivity contribution in [3.8, 4) is 0 Å². The number of aryl methyl sites for hydroxylation is 1. The second-order valence-corrected chi connectivity index (χ2v) is 7.80. The number of nitrogens with zero attached hydrogens (tertiary/aromatic N) is 2. The third-order valence-electron chi connectivity index (χ3n) is 5.20. The lowest BCUT2D eigenvalue weighted by Crippen LogP contribution is -2.42. The van der Waals surface area contributed by atoms with Crippen LogP contribution in [0.3, 0.4) is 0 Å². The molecule has 2 fully saturated rings. The molecule has 3 heterocycles. The molecule has 2 aliphatic heterocycles. The van der Waals surface area contributed by atoms with Gasteiger partial charge >= 0.3 is 0 Å². The minimum atomic E-state index is -0.0284. The van der Waals surface area contributed by atoms with Gasteiger partial charge in [-0.05, 0) is 65.5 Å². The van der Waals surface area contributed by atoms with E-state index in [0.717, 1.165) is 56.4 Å². The summed E-state index contributed by atoms with van der Waals surface area (Å²) in [5.41, 5.74) is 0.978. The van der Waals surface area contributed by atoms with E-state index in [0.29, 0.717) is 5.92 Å². The number of hydrogen-bond donors (Lipinski definition) is 1. The molecule has 0 amide bonds. The van der Waals surface area contributed by atoms with Crippen molar-refractivity contribution in [2.24, 2.45) is 5.92 Å². The van der Waals surface area contributed by atoms with Crippen molar-refractivity contribution in [2.75, 3.05) is 26.2 Å². The molecule has 1 aromatic heterocycles. The first-order valence-corrected chi connectivity index (χ1v) is 8.85. The SMILES string of the molecule is Cc1nc(C2CCN(C[C@H]3CCOC(C)(C)C3)CC2)cc(=O)[nH]1. The summed E-state index contributed by atoms with van der Waals surface area (Å²) in [6, 6.07) is 1.67. The van der Waals surface area contributed by atoms with E-state index in [1.54, 1.807) is 6.07 Å². The normalized spacial score (nSPS) is 26.3. The molecular weight excluding hydrogens is 290 g/mol. The first-order chi connectivity index (χ1) is 10.9. The summed E-state index contributed by atoms with van der Waals surface area (Å²) in [5.74, 6) is 1.90. The second kappa shape index (κ2) is 6.73. The van der Waals surface area contributed by atoms with Crippen molar-refractivity contribution >= 4 is 0 Å².